The third-order valence-electron chi connectivity index (χ3n) is 3.27. The number of pyridine rings is 1. The maximum Gasteiger partial charge on any atom is 0.130 e. The van der Waals surface area contributed by atoms with Crippen LogP contribution >= 0.6 is 0 Å². The summed E-state index contributed by atoms with van der Waals surface area (Å²) < 4.78 is 0. The van der Waals surface area contributed by atoms with Crippen LogP contribution in [0, 0.1) is 0 Å². The molecular formula is C15H14N4. The molecule has 0 saturated heterocycles. The predicted molar refractivity (Wildman–Crippen MR) is 76.6 cm³/mol. The van der Waals surface area contributed by atoms with Crippen molar-refractivity contribution in [3.63, 3.8) is 0 Å². The lowest BCUT2D eigenvalue weighted by atomic mass is 9.99. The molecule has 0 aliphatic heterocycles. The molecule has 4 heteroatoms. The highest BCUT2D eigenvalue weighted by Gasteiger charge is 2.12. The first-order valence-corrected chi connectivity index (χ1v) is 6.23. The maximum atomic E-state index is 5.95. The first-order valence-electron chi connectivity index (χ1n) is 6.23. The number of nitrogens with two attached hydrogens (primary N) is 1. The molecule has 3 aromatic rings. The second-order valence-corrected chi connectivity index (χ2v) is 4.34. The molecule has 0 saturated carbocycles. The van der Waals surface area contributed by atoms with E-state index in [2.05, 4.69) is 27.9 Å². The van der Waals surface area contributed by atoms with Crippen molar-refractivity contribution in [3.05, 3.63) is 48.5 Å². The Labute approximate surface area is 111 Å². The Kier molecular flexibility index (Phi) is 2.83. The van der Waals surface area contributed by atoms with Gasteiger partial charge in [-0.05, 0) is 17.9 Å². The van der Waals surface area contributed by atoms with Crippen LogP contribution in [-0.2, 0) is 6.42 Å². The third kappa shape index (κ3) is 1.91. The van der Waals surface area contributed by atoms with Gasteiger partial charge in [-0.3, -0.25) is 4.98 Å². The van der Waals surface area contributed by atoms with E-state index in [4.69, 9.17) is 5.73 Å². The van der Waals surface area contributed by atoms with Crippen molar-refractivity contribution >= 4 is 16.6 Å². The van der Waals surface area contributed by atoms with Gasteiger partial charge < -0.3 is 5.73 Å². The van der Waals surface area contributed by atoms with Crippen molar-refractivity contribution in [1.29, 1.82) is 0 Å². The highest BCUT2D eigenvalue weighted by atomic mass is 14.9. The minimum absolute atomic E-state index is 0.549. The zero-order valence-corrected chi connectivity index (χ0v) is 10.7. The molecule has 0 bridgehead atoms. The second-order valence-electron chi connectivity index (χ2n) is 4.34. The number of hydrogen-bond acceptors (Lipinski definition) is 4. The fourth-order valence-electron chi connectivity index (χ4n) is 2.33. The number of hydrogen-bond donors (Lipinski definition) is 1. The predicted octanol–water partition coefficient (Wildman–Crippen LogP) is 2.84. The van der Waals surface area contributed by atoms with Gasteiger partial charge in [0, 0.05) is 28.9 Å². The third-order valence-corrected chi connectivity index (χ3v) is 3.27. The fraction of sp³-hybridized carbons (Fsp3) is 0.133. The monoisotopic (exact) mass is 250 g/mol. The molecule has 94 valence electrons. The maximum absolute atomic E-state index is 5.95. The minimum Gasteiger partial charge on any atom is -0.383 e. The van der Waals surface area contributed by atoms with Crippen LogP contribution in [0.5, 0.6) is 0 Å². The molecule has 0 atom stereocenters. The van der Waals surface area contributed by atoms with Gasteiger partial charge in [-0.25, -0.2) is 9.97 Å². The molecule has 2 N–H and O–H groups in total. The summed E-state index contributed by atoms with van der Waals surface area (Å²) in [5, 5.41) is 2.23. The quantitative estimate of drug-likeness (QED) is 0.759. The van der Waals surface area contributed by atoms with Crippen LogP contribution in [0.3, 0.4) is 0 Å². The molecule has 1 aromatic carbocycles. The van der Waals surface area contributed by atoms with E-state index in [1.54, 1.807) is 6.20 Å². The SMILES string of the molecule is CCc1c(N)ncnc1-c1cccc2ccncc12. The van der Waals surface area contributed by atoms with E-state index in [0.29, 0.717) is 5.82 Å². The van der Waals surface area contributed by atoms with Crippen molar-refractivity contribution in [2.24, 2.45) is 0 Å². The van der Waals surface area contributed by atoms with Gasteiger partial charge in [-0.15, -0.1) is 0 Å². The standard InChI is InChI=1S/C15H14N4/c1-2-11-14(18-9-19-15(11)16)12-5-3-4-10-6-7-17-8-13(10)12/h3-9H,2H2,1H3,(H2,16,18,19). The summed E-state index contributed by atoms with van der Waals surface area (Å²) in [6, 6.07) is 8.13. The highest BCUT2D eigenvalue weighted by molar-refractivity contribution is 5.96. The average Bonchev–Trinajstić information content (AvgIpc) is 2.46. The van der Waals surface area contributed by atoms with Gasteiger partial charge in [0.25, 0.3) is 0 Å². The number of anilines is 1. The van der Waals surface area contributed by atoms with Crippen molar-refractivity contribution < 1.29 is 0 Å². The molecule has 0 aliphatic rings. The number of nitrogens with zero attached hydrogens (tertiary/aromatic N) is 3. The normalized spacial score (nSPS) is 10.8. The van der Waals surface area contributed by atoms with Crippen LogP contribution in [0.15, 0.2) is 43.0 Å². The van der Waals surface area contributed by atoms with Crippen LogP contribution < -0.4 is 5.73 Å². The lowest BCUT2D eigenvalue weighted by molar-refractivity contribution is 1.06. The van der Waals surface area contributed by atoms with Crippen LogP contribution in [-0.4, -0.2) is 15.0 Å². The fourth-order valence-corrected chi connectivity index (χ4v) is 2.33. The first kappa shape index (κ1) is 11.6. The Bertz CT molecular complexity index is 732. The van der Waals surface area contributed by atoms with E-state index in [9.17, 15) is 0 Å². The number of aromatic nitrogens is 3. The smallest absolute Gasteiger partial charge is 0.130 e. The number of rotatable bonds is 2. The van der Waals surface area contributed by atoms with Crippen molar-refractivity contribution in [1.82, 2.24) is 15.0 Å². The second kappa shape index (κ2) is 4.65. The lowest BCUT2D eigenvalue weighted by Crippen LogP contribution is -2.01. The van der Waals surface area contributed by atoms with Crippen LogP contribution in [0.2, 0.25) is 0 Å². The van der Waals surface area contributed by atoms with Gasteiger partial charge in [-0.1, -0.05) is 25.1 Å². The van der Waals surface area contributed by atoms with Gasteiger partial charge in [-0.2, -0.15) is 0 Å². The topological polar surface area (TPSA) is 64.7 Å². The van der Waals surface area contributed by atoms with Gasteiger partial charge in [0.15, 0.2) is 0 Å². The Balaban J connectivity index is 2.34. The van der Waals surface area contributed by atoms with E-state index >= 15 is 0 Å². The van der Waals surface area contributed by atoms with Gasteiger partial charge >= 0.3 is 0 Å². The lowest BCUT2D eigenvalue weighted by Gasteiger charge is -2.10. The Morgan fingerprint density at radius 1 is 1.16 bits per heavy atom. The highest BCUT2D eigenvalue weighted by Crippen LogP contribution is 2.30. The van der Waals surface area contributed by atoms with Crippen molar-refractivity contribution in [3.8, 4) is 11.3 Å². The Hall–Kier alpha value is -2.49. The molecule has 2 aromatic heterocycles. The molecule has 0 aliphatic carbocycles. The minimum atomic E-state index is 0.549. The molecular weight excluding hydrogens is 236 g/mol. The molecule has 0 amide bonds. The van der Waals surface area contributed by atoms with E-state index in [1.807, 2.05) is 24.4 Å². The van der Waals surface area contributed by atoms with Gasteiger partial charge in [0.05, 0.1) is 5.69 Å². The van der Waals surface area contributed by atoms with Crippen LogP contribution in [0.4, 0.5) is 5.82 Å². The van der Waals surface area contributed by atoms with E-state index < -0.39 is 0 Å². The molecule has 4 nitrogen and oxygen atoms in total. The molecule has 19 heavy (non-hydrogen) atoms. The van der Waals surface area contributed by atoms with Crippen molar-refractivity contribution in [2.75, 3.05) is 5.73 Å². The first-order chi connectivity index (χ1) is 9.31. The largest absolute Gasteiger partial charge is 0.383 e. The van der Waals surface area contributed by atoms with Crippen LogP contribution in [0.1, 0.15) is 12.5 Å². The van der Waals surface area contributed by atoms with E-state index in [-0.39, 0.29) is 0 Å². The number of fused-ring (bicyclic) bond motifs is 1. The molecule has 0 spiro atoms. The Morgan fingerprint density at radius 3 is 2.89 bits per heavy atom. The van der Waals surface area contributed by atoms with Gasteiger partial charge in [0.2, 0.25) is 0 Å². The van der Waals surface area contributed by atoms with E-state index in [1.165, 1.54) is 6.33 Å². The summed E-state index contributed by atoms with van der Waals surface area (Å²) in [7, 11) is 0. The summed E-state index contributed by atoms with van der Waals surface area (Å²) in [5.74, 6) is 0.549. The molecule has 2 heterocycles. The summed E-state index contributed by atoms with van der Waals surface area (Å²) in [5.41, 5.74) is 8.88. The molecule has 0 fully saturated rings. The summed E-state index contributed by atoms with van der Waals surface area (Å²) in [4.78, 5) is 12.7. The summed E-state index contributed by atoms with van der Waals surface area (Å²) in [6.07, 6.45) is 5.97. The van der Waals surface area contributed by atoms with Gasteiger partial charge in [0.1, 0.15) is 12.1 Å². The average molecular weight is 250 g/mol. The zero-order chi connectivity index (χ0) is 13.2. The Morgan fingerprint density at radius 2 is 2.05 bits per heavy atom. The molecule has 0 unspecified atom stereocenters. The number of benzene rings is 1. The summed E-state index contributed by atoms with van der Waals surface area (Å²) >= 11 is 0. The molecule has 3 rings (SSSR count). The zero-order valence-electron chi connectivity index (χ0n) is 10.7. The van der Waals surface area contributed by atoms with E-state index in [0.717, 1.165) is 34.0 Å². The van der Waals surface area contributed by atoms with Crippen molar-refractivity contribution in [2.45, 2.75) is 13.3 Å². The molecule has 0 radical (unpaired) electrons. The summed E-state index contributed by atoms with van der Waals surface area (Å²) in [6.45, 7) is 2.06. The number of nitrogen functional groups attached to an aromatic ring is 1. The van der Waals surface area contributed by atoms with Crippen LogP contribution in [0.25, 0.3) is 22.0 Å².